The second kappa shape index (κ2) is 9.37. The second-order valence-corrected chi connectivity index (χ2v) is 8.54. The molecule has 126 valence electrons. The third kappa shape index (κ3) is 6.99. The lowest BCUT2D eigenvalue weighted by molar-refractivity contribution is 0.413. The fraction of sp³-hybridized carbons (Fsp3) is 0.500. The maximum Gasteiger partial charge on any atom is 0.00212 e. The minimum Gasteiger partial charge on any atom is -0.309 e. The van der Waals surface area contributed by atoms with Crippen LogP contribution in [0.3, 0.4) is 0 Å². The van der Waals surface area contributed by atoms with Crippen LogP contribution in [0.5, 0.6) is 0 Å². The summed E-state index contributed by atoms with van der Waals surface area (Å²) in [6.07, 6.45) is 10.7. The van der Waals surface area contributed by atoms with E-state index in [0.717, 1.165) is 28.1 Å². The van der Waals surface area contributed by atoms with Crippen molar-refractivity contribution in [3.63, 3.8) is 0 Å². The Morgan fingerprint density at radius 1 is 0.957 bits per heavy atom. The highest BCUT2D eigenvalue weighted by atomic mass is 31.1. The van der Waals surface area contributed by atoms with Crippen molar-refractivity contribution in [3.8, 4) is 0 Å². The van der Waals surface area contributed by atoms with Crippen LogP contribution < -0.4 is 5.30 Å². The van der Waals surface area contributed by atoms with Gasteiger partial charge in [0.1, 0.15) is 0 Å². The normalized spacial score (nSPS) is 18.3. The summed E-state index contributed by atoms with van der Waals surface area (Å²) < 4.78 is 0. The van der Waals surface area contributed by atoms with Crippen LogP contribution in [0.25, 0.3) is 0 Å². The molecule has 1 aromatic rings. The second-order valence-electron chi connectivity index (χ2n) is 6.93. The van der Waals surface area contributed by atoms with Gasteiger partial charge >= 0.3 is 0 Å². The molecule has 0 aromatic heterocycles. The molecule has 2 atom stereocenters. The first-order valence-corrected chi connectivity index (χ1v) is 9.63. The number of rotatable bonds is 8. The topological polar surface area (TPSA) is 6.48 Å². The Balaban J connectivity index is 1.79. The summed E-state index contributed by atoms with van der Waals surface area (Å²) in [7, 11) is 9.42. The molecule has 0 N–H and O–H groups in total. The van der Waals surface area contributed by atoms with E-state index in [2.05, 4.69) is 80.5 Å². The van der Waals surface area contributed by atoms with Crippen LogP contribution in [0, 0.1) is 0 Å². The maximum atomic E-state index is 2.44. The van der Waals surface area contributed by atoms with Gasteiger partial charge in [0.2, 0.25) is 0 Å². The first kappa shape index (κ1) is 18.4. The largest absolute Gasteiger partial charge is 0.309 e. The first-order valence-electron chi connectivity index (χ1n) is 8.55. The molecule has 2 nitrogen and oxygen atoms in total. The molecule has 23 heavy (non-hydrogen) atoms. The quantitative estimate of drug-likeness (QED) is 0.675. The van der Waals surface area contributed by atoms with Crippen molar-refractivity contribution in [2.75, 3.05) is 41.3 Å². The summed E-state index contributed by atoms with van der Waals surface area (Å²) in [4.78, 5) is 4.49. The lowest BCUT2D eigenvalue weighted by Crippen LogP contribution is -2.15. The zero-order valence-corrected chi connectivity index (χ0v) is 16.0. The monoisotopic (exact) mass is 330 g/mol. The third-order valence-electron chi connectivity index (χ3n) is 4.18. The van der Waals surface area contributed by atoms with E-state index in [-0.39, 0.29) is 0 Å². The average molecular weight is 330 g/mol. The molecule has 0 spiro atoms. The summed E-state index contributed by atoms with van der Waals surface area (Å²) in [5.74, 6) is 0. The predicted molar refractivity (Wildman–Crippen MR) is 105 cm³/mol. The summed E-state index contributed by atoms with van der Waals surface area (Å²) >= 11 is 0. The molecule has 1 aliphatic rings. The van der Waals surface area contributed by atoms with E-state index in [1.165, 1.54) is 29.3 Å². The van der Waals surface area contributed by atoms with Crippen LogP contribution >= 0.6 is 8.58 Å². The van der Waals surface area contributed by atoms with Gasteiger partial charge in [0, 0.05) is 18.7 Å². The van der Waals surface area contributed by atoms with Crippen molar-refractivity contribution in [2.45, 2.75) is 24.9 Å². The van der Waals surface area contributed by atoms with Crippen molar-refractivity contribution < 1.29 is 0 Å². The van der Waals surface area contributed by atoms with Crippen LogP contribution in [-0.2, 0) is 6.42 Å². The smallest absolute Gasteiger partial charge is 0.00212 e. The van der Waals surface area contributed by atoms with Crippen molar-refractivity contribution in [1.29, 1.82) is 0 Å². The van der Waals surface area contributed by atoms with E-state index >= 15 is 0 Å². The average Bonchev–Trinajstić information content (AvgIpc) is 2.53. The standard InChI is InChI=1S/C20H31N2P/c1-21(2)15-13-17-5-9-19(10-6-17)23-20-11-7-18(8-12-20)14-16-22(3)4/h5-11,20,23H,12-16H2,1-4H3. The van der Waals surface area contributed by atoms with Crippen molar-refractivity contribution in [1.82, 2.24) is 9.80 Å². The predicted octanol–water partition coefficient (Wildman–Crippen LogP) is 3.30. The van der Waals surface area contributed by atoms with E-state index in [1.807, 2.05) is 0 Å². The molecule has 0 saturated heterocycles. The SMILES string of the molecule is CN(C)CCC1=CCC(Pc2ccc(CCN(C)C)cc2)C=C1. The van der Waals surface area contributed by atoms with Crippen molar-refractivity contribution >= 4 is 13.9 Å². The van der Waals surface area contributed by atoms with Crippen LogP contribution in [0.15, 0.2) is 48.1 Å². The number of nitrogens with zero attached hydrogens (tertiary/aromatic N) is 2. The summed E-state index contributed by atoms with van der Waals surface area (Å²) in [6.45, 7) is 2.26. The number of hydrogen-bond donors (Lipinski definition) is 0. The van der Waals surface area contributed by atoms with E-state index in [4.69, 9.17) is 0 Å². The molecular weight excluding hydrogens is 299 g/mol. The minimum atomic E-state index is 0.686. The van der Waals surface area contributed by atoms with Gasteiger partial charge in [-0.05, 0) is 58.3 Å². The van der Waals surface area contributed by atoms with Crippen LogP contribution in [0.1, 0.15) is 18.4 Å². The molecular formula is C20H31N2P. The molecule has 0 amide bonds. The van der Waals surface area contributed by atoms with Crippen molar-refractivity contribution in [2.24, 2.45) is 0 Å². The Morgan fingerprint density at radius 2 is 1.61 bits per heavy atom. The van der Waals surface area contributed by atoms with Crippen LogP contribution in [0.4, 0.5) is 0 Å². The Bertz CT molecular complexity index is 529. The van der Waals surface area contributed by atoms with Gasteiger partial charge < -0.3 is 9.80 Å². The molecule has 1 aliphatic carbocycles. The Labute approximate surface area is 144 Å². The molecule has 0 heterocycles. The van der Waals surface area contributed by atoms with Gasteiger partial charge in [-0.15, -0.1) is 0 Å². The Morgan fingerprint density at radius 3 is 2.17 bits per heavy atom. The fourth-order valence-electron chi connectivity index (χ4n) is 2.64. The maximum absolute atomic E-state index is 2.44. The van der Waals surface area contributed by atoms with Gasteiger partial charge in [0.05, 0.1) is 0 Å². The molecule has 0 bridgehead atoms. The molecule has 0 aliphatic heterocycles. The number of allylic oxidation sites excluding steroid dienone is 3. The Kier molecular flexibility index (Phi) is 7.49. The summed E-state index contributed by atoms with van der Waals surface area (Å²) in [5.41, 5.74) is 3.63. The molecule has 1 aromatic carbocycles. The lowest BCUT2D eigenvalue weighted by atomic mass is 10.0. The van der Waals surface area contributed by atoms with Gasteiger partial charge in [0.15, 0.2) is 0 Å². The summed E-state index contributed by atoms with van der Waals surface area (Å²) in [5, 5.41) is 1.48. The van der Waals surface area contributed by atoms with Gasteiger partial charge in [0.25, 0.3) is 0 Å². The molecule has 2 rings (SSSR count). The molecule has 3 heteroatoms. The highest BCUT2D eigenvalue weighted by Crippen LogP contribution is 2.28. The summed E-state index contributed by atoms with van der Waals surface area (Å²) in [6, 6.07) is 9.25. The van der Waals surface area contributed by atoms with E-state index in [0.29, 0.717) is 5.66 Å². The van der Waals surface area contributed by atoms with Gasteiger partial charge in [-0.1, -0.05) is 56.6 Å². The molecule has 0 fully saturated rings. The fourth-order valence-corrected chi connectivity index (χ4v) is 3.86. The number of hydrogen-bond acceptors (Lipinski definition) is 2. The van der Waals surface area contributed by atoms with Gasteiger partial charge in [-0.3, -0.25) is 0 Å². The molecule has 0 saturated carbocycles. The highest BCUT2D eigenvalue weighted by Gasteiger charge is 2.10. The Hall–Kier alpha value is -0.950. The minimum absolute atomic E-state index is 0.686. The zero-order chi connectivity index (χ0) is 16.7. The van der Waals surface area contributed by atoms with Gasteiger partial charge in [-0.25, -0.2) is 0 Å². The molecule has 2 unspecified atom stereocenters. The van der Waals surface area contributed by atoms with Crippen molar-refractivity contribution in [3.05, 3.63) is 53.6 Å². The molecule has 0 radical (unpaired) electrons. The van der Waals surface area contributed by atoms with E-state index in [9.17, 15) is 0 Å². The lowest BCUT2D eigenvalue weighted by Gasteiger charge is -2.18. The number of likely N-dealkylation sites (N-methyl/N-ethyl adjacent to an activating group) is 1. The van der Waals surface area contributed by atoms with Crippen LogP contribution in [-0.4, -0.2) is 56.7 Å². The zero-order valence-electron chi connectivity index (χ0n) is 15.0. The van der Waals surface area contributed by atoms with Gasteiger partial charge in [-0.2, -0.15) is 0 Å². The first-order chi connectivity index (χ1) is 11.0. The van der Waals surface area contributed by atoms with E-state index in [1.54, 1.807) is 0 Å². The third-order valence-corrected chi connectivity index (χ3v) is 5.64. The van der Waals surface area contributed by atoms with Crippen LogP contribution in [0.2, 0.25) is 0 Å². The highest BCUT2D eigenvalue weighted by molar-refractivity contribution is 7.48. The number of benzene rings is 1. The van der Waals surface area contributed by atoms with E-state index < -0.39 is 0 Å².